The lowest BCUT2D eigenvalue weighted by molar-refractivity contribution is -0.115. The van der Waals surface area contributed by atoms with E-state index in [0.29, 0.717) is 6.42 Å². The predicted octanol–water partition coefficient (Wildman–Crippen LogP) is 2.53. The first-order chi connectivity index (χ1) is 10.7. The molecule has 0 saturated carbocycles. The molecule has 1 fully saturated rings. The van der Waals surface area contributed by atoms with Crippen molar-refractivity contribution >= 4 is 11.6 Å². The lowest BCUT2D eigenvalue weighted by Crippen LogP contribution is -2.50. The van der Waals surface area contributed by atoms with Gasteiger partial charge in [0.2, 0.25) is 5.91 Å². The second kappa shape index (κ2) is 6.62. The maximum Gasteiger partial charge on any atom is 0.228 e. The summed E-state index contributed by atoms with van der Waals surface area (Å²) in [7, 11) is 0. The highest BCUT2D eigenvalue weighted by atomic mass is 16.5. The molecule has 0 bridgehead atoms. The Balaban J connectivity index is 1.53. The topological polar surface area (TPSA) is 50.4 Å². The lowest BCUT2D eigenvalue weighted by atomic mass is 10.1. The van der Waals surface area contributed by atoms with Crippen molar-refractivity contribution in [2.45, 2.75) is 19.4 Å². The molecule has 0 atom stereocenters. The van der Waals surface area contributed by atoms with E-state index in [9.17, 15) is 4.79 Å². The van der Waals surface area contributed by atoms with Crippen LogP contribution in [0, 0.1) is 6.92 Å². The van der Waals surface area contributed by atoms with Crippen LogP contribution in [0.3, 0.4) is 0 Å². The minimum Gasteiger partial charge on any atom is -0.488 e. The zero-order valence-corrected chi connectivity index (χ0v) is 12.6. The molecule has 2 aromatic carbocycles. The summed E-state index contributed by atoms with van der Waals surface area (Å²) in [6, 6.07) is 15.5. The van der Waals surface area contributed by atoms with E-state index >= 15 is 0 Å². The quantitative estimate of drug-likeness (QED) is 0.891. The van der Waals surface area contributed by atoms with Gasteiger partial charge in [-0.15, -0.1) is 0 Å². The number of aryl methyl sites for hydroxylation is 1. The second-order valence-electron chi connectivity index (χ2n) is 5.63. The molecule has 1 amide bonds. The molecular weight excluding hydrogens is 276 g/mol. The Morgan fingerprint density at radius 1 is 1.14 bits per heavy atom. The van der Waals surface area contributed by atoms with Crippen molar-refractivity contribution in [2.24, 2.45) is 0 Å². The van der Waals surface area contributed by atoms with Crippen LogP contribution in [0.15, 0.2) is 48.5 Å². The highest BCUT2D eigenvalue weighted by molar-refractivity contribution is 5.92. The lowest BCUT2D eigenvalue weighted by Gasteiger charge is -2.27. The first kappa shape index (κ1) is 14.6. The van der Waals surface area contributed by atoms with Crippen molar-refractivity contribution in [1.29, 1.82) is 0 Å². The predicted molar refractivity (Wildman–Crippen MR) is 87.2 cm³/mol. The minimum absolute atomic E-state index is 0.0132. The Morgan fingerprint density at radius 2 is 1.82 bits per heavy atom. The number of carbonyl (C=O) groups excluding carboxylic acids is 1. The number of carbonyl (C=O) groups is 1. The number of rotatable bonds is 5. The van der Waals surface area contributed by atoms with Gasteiger partial charge in [0.05, 0.1) is 6.42 Å². The third kappa shape index (κ3) is 3.86. The summed E-state index contributed by atoms with van der Waals surface area (Å²) < 4.78 is 5.75. The summed E-state index contributed by atoms with van der Waals surface area (Å²) in [5.74, 6) is 0.843. The van der Waals surface area contributed by atoms with Crippen molar-refractivity contribution < 1.29 is 9.53 Å². The Kier molecular flexibility index (Phi) is 4.39. The molecule has 2 aromatic rings. The zero-order valence-electron chi connectivity index (χ0n) is 12.6. The third-order valence-electron chi connectivity index (χ3n) is 3.67. The number of benzene rings is 2. The number of hydrogen-bond donors (Lipinski definition) is 2. The van der Waals surface area contributed by atoms with E-state index in [1.807, 2.05) is 55.5 Å². The second-order valence-corrected chi connectivity index (χ2v) is 5.63. The summed E-state index contributed by atoms with van der Waals surface area (Å²) in [5.41, 5.74) is 2.98. The Labute approximate surface area is 130 Å². The highest BCUT2D eigenvalue weighted by Gasteiger charge is 2.18. The fraction of sp³-hybridized carbons (Fsp3) is 0.278. The van der Waals surface area contributed by atoms with E-state index in [1.54, 1.807) is 0 Å². The summed E-state index contributed by atoms with van der Waals surface area (Å²) in [5, 5.41) is 6.07. The molecule has 1 heterocycles. The number of anilines is 1. The Bertz CT molecular complexity index is 631. The van der Waals surface area contributed by atoms with Crippen molar-refractivity contribution in [2.75, 3.05) is 18.4 Å². The van der Waals surface area contributed by atoms with E-state index in [1.165, 1.54) is 5.56 Å². The molecule has 3 rings (SSSR count). The minimum atomic E-state index is -0.0132. The van der Waals surface area contributed by atoms with Crippen molar-refractivity contribution in [3.8, 4) is 5.75 Å². The van der Waals surface area contributed by atoms with Gasteiger partial charge in [-0.1, -0.05) is 29.8 Å². The maximum atomic E-state index is 12.0. The van der Waals surface area contributed by atoms with Gasteiger partial charge in [0.1, 0.15) is 11.9 Å². The monoisotopic (exact) mass is 296 g/mol. The van der Waals surface area contributed by atoms with Crippen LogP contribution in [0.1, 0.15) is 11.1 Å². The third-order valence-corrected chi connectivity index (χ3v) is 3.67. The van der Waals surface area contributed by atoms with E-state index < -0.39 is 0 Å². The normalized spacial score (nSPS) is 14.2. The molecule has 1 aliphatic heterocycles. The Morgan fingerprint density at radius 3 is 2.41 bits per heavy atom. The number of nitrogens with one attached hydrogen (secondary N) is 2. The van der Waals surface area contributed by atoms with Gasteiger partial charge in [0, 0.05) is 18.8 Å². The van der Waals surface area contributed by atoms with Gasteiger partial charge in [-0.3, -0.25) is 4.79 Å². The van der Waals surface area contributed by atoms with E-state index in [4.69, 9.17) is 4.74 Å². The van der Waals surface area contributed by atoms with Gasteiger partial charge in [-0.2, -0.15) is 0 Å². The fourth-order valence-corrected chi connectivity index (χ4v) is 2.25. The number of amides is 1. The molecule has 0 aromatic heterocycles. The van der Waals surface area contributed by atoms with Gasteiger partial charge in [-0.25, -0.2) is 0 Å². The summed E-state index contributed by atoms with van der Waals surface area (Å²) in [4.78, 5) is 12.0. The van der Waals surface area contributed by atoms with Crippen LogP contribution in [0.5, 0.6) is 5.75 Å². The average Bonchev–Trinajstić information content (AvgIpc) is 2.47. The largest absolute Gasteiger partial charge is 0.488 e. The molecule has 4 nitrogen and oxygen atoms in total. The van der Waals surface area contributed by atoms with E-state index in [0.717, 1.165) is 30.1 Å². The van der Waals surface area contributed by atoms with Crippen LogP contribution in [-0.4, -0.2) is 25.1 Å². The van der Waals surface area contributed by atoms with Gasteiger partial charge >= 0.3 is 0 Å². The molecule has 4 heteroatoms. The van der Waals surface area contributed by atoms with Crippen molar-refractivity contribution in [1.82, 2.24) is 5.32 Å². The molecule has 0 aliphatic carbocycles. The van der Waals surface area contributed by atoms with Gasteiger partial charge in [-0.05, 0) is 36.8 Å². The van der Waals surface area contributed by atoms with Gasteiger partial charge in [0.15, 0.2) is 0 Å². The van der Waals surface area contributed by atoms with E-state index in [2.05, 4.69) is 10.6 Å². The molecule has 114 valence electrons. The molecule has 0 unspecified atom stereocenters. The van der Waals surface area contributed by atoms with Crippen molar-refractivity contribution in [3.05, 3.63) is 59.7 Å². The summed E-state index contributed by atoms with van der Waals surface area (Å²) in [6.07, 6.45) is 0.634. The first-order valence-electron chi connectivity index (χ1n) is 7.52. The first-order valence-corrected chi connectivity index (χ1v) is 7.52. The molecule has 2 N–H and O–H groups in total. The van der Waals surface area contributed by atoms with Crippen LogP contribution in [-0.2, 0) is 11.2 Å². The molecule has 1 aliphatic rings. The molecule has 1 saturated heterocycles. The number of hydrogen-bond acceptors (Lipinski definition) is 3. The van der Waals surface area contributed by atoms with Crippen LogP contribution in [0.2, 0.25) is 0 Å². The highest BCUT2D eigenvalue weighted by Crippen LogP contribution is 2.16. The molecule has 0 radical (unpaired) electrons. The number of ether oxygens (including phenoxy) is 1. The SMILES string of the molecule is Cc1ccc(NC(=O)Cc2ccc(OC3CNC3)cc2)cc1. The average molecular weight is 296 g/mol. The van der Waals surface area contributed by atoms with E-state index in [-0.39, 0.29) is 12.0 Å². The van der Waals surface area contributed by atoms with Crippen molar-refractivity contribution in [3.63, 3.8) is 0 Å². The summed E-state index contributed by atoms with van der Waals surface area (Å²) in [6.45, 7) is 3.83. The van der Waals surface area contributed by atoms with Crippen LogP contribution in [0.4, 0.5) is 5.69 Å². The fourth-order valence-electron chi connectivity index (χ4n) is 2.25. The van der Waals surface area contributed by atoms with Crippen LogP contribution in [0.25, 0.3) is 0 Å². The maximum absolute atomic E-state index is 12.0. The Hall–Kier alpha value is -2.33. The van der Waals surface area contributed by atoms with Crippen LogP contribution >= 0.6 is 0 Å². The zero-order chi connectivity index (χ0) is 15.4. The molecule has 0 spiro atoms. The smallest absolute Gasteiger partial charge is 0.228 e. The standard InChI is InChI=1S/C18H20N2O2/c1-13-2-6-15(7-3-13)20-18(21)10-14-4-8-16(9-5-14)22-17-11-19-12-17/h2-9,17,19H,10-12H2,1H3,(H,20,21). The van der Waals surface area contributed by atoms with Gasteiger partial charge < -0.3 is 15.4 Å². The molecule has 22 heavy (non-hydrogen) atoms. The summed E-state index contributed by atoms with van der Waals surface area (Å²) >= 11 is 0. The van der Waals surface area contributed by atoms with Gasteiger partial charge in [0.25, 0.3) is 0 Å². The van der Waals surface area contributed by atoms with Crippen LogP contribution < -0.4 is 15.4 Å². The molecular formula is C18H20N2O2.